The SMILES string of the molecule is CCOC(=O)CC1CCCC(c2ccc(NC(=O)c3nnc(Nc4ccc(F)c(F)c4)o3)cc2)CCC1. The smallest absolute Gasteiger partial charge is 0.320 e. The van der Waals surface area contributed by atoms with Crippen LogP contribution in [0.25, 0.3) is 0 Å². The molecule has 37 heavy (non-hydrogen) atoms. The topological polar surface area (TPSA) is 106 Å². The number of carbonyl (C=O) groups excluding carboxylic acids is 2. The van der Waals surface area contributed by atoms with Crippen molar-refractivity contribution in [2.24, 2.45) is 5.92 Å². The molecule has 0 spiro atoms. The van der Waals surface area contributed by atoms with Crippen LogP contribution in [-0.2, 0) is 9.53 Å². The molecule has 2 N–H and O–H groups in total. The number of halogens is 2. The summed E-state index contributed by atoms with van der Waals surface area (Å²) >= 11 is 0. The number of esters is 1. The Labute approximate surface area is 213 Å². The van der Waals surface area contributed by atoms with Crippen molar-refractivity contribution in [3.05, 3.63) is 65.6 Å². The van der Waals surface area contributed by atoms with Gasteiger partial charge in [-0.2, -0.15) is 0 Å². The molecule has 0 saturated heterocycles. The molecule has 196 valence electrons. The van der Waals surface area contributed by atoms with Gasteiger partial charge >= 0.3 is 23.8 Å². The third kappa shape index (κ3) is 7.34. The summed E-state index contributed by atoms with van der Waals surface area (Å²) in [6.45, 7) is 2.26. The van der Waals surface area contributed by atoms with Gasteiger partial charge in [0.1, 0.15) is 0 Å². The second-order valence-electron chi connectivity index (χ2n) is 9.18. The second-order valence-corrected chi connectivity index (χ2v) is 9.18. The van der Waals surface area contributed by atoms with Gasteiger partial charge in [-0.3, -0.25) is 9.59 Å². The van der Waals surface area contributed by atoms with Crippen molar-refractivity contribution in [3.8, 4) is 0 Å². The molecule has 4 rings (SSSR count). The molecule has 1 heterocycles. The van der Waals surface area contributed by atoms with Gasteiger partial charge in [-0.1, -0.05) is 30.1 Å². The first kappa shape index (κ1) is 26.2. The lowest BCUT2D eigenvalue weighted by molar-refractivity contribution is -0.144. The first-order chi connectivity index (χ1) is 17.9. The average Bonchev–Trinajstić information content (AvgIpc) is 3.32. The largest absolute Gasteiger partial charge is 0.466 e. The lowest BCUT2D eigenvalue weighted by atomic mass is 9.81. The molecule has 3 aromatic rings. The van der Waals surface area contributed by atoms with Crippen LogP contribution in [0.3, 0.4) is 0 Å². The predicted octanol–water partition coefficient (Wildman–Crippen LogP) is 6.35. The normalized spacial score (nSPS) is 17.9. The molecule has 0 aliphatic heterocycles. The monoisotopic (exact) mass is 512 g/mol. The Morgan fingerprint density at radius 3 is 2.35 bits per heavy atom. The van der Waals surface area contributed by atoms with Gasteiger partial charge in [0.15, 0.2) is 11.6 Å². The Morgan fingerprint density at radius 2 is 1.68 bits per heavy atom. The van der Waals surface area contributed by atoms with Crippen LogP contribution >= 0.6 is 0 Å². The number of carbonyl (C=O) groups is 2. The van der Waals surface area contributed by atoms with Gasteiger partial charge in [-0.05, 0) is 74.3 Å². The summed E-state index contributed by atoms with van der Waals surface area (Å²) in [6, 6.07) is 10.8. The zero-order valence-corrected chi connectivity index (χ0v) is 20.6. The fourth-order valence-electron chi connectivity index (χ4n) is 4.67. The third-order valence-corrected chi connectivity index (χ3v) is 6.52. The number of rotatable bonds is 8. The van der Waals surface area contributed by atoms with Crippen molar-refractivity contribution in [1.82, 2.24) is 10.2 Å². The number of nitrogens with one attached hydrogen (secondary N) is 2. The minimum Gasteiger partial charge on any atom is -0.466 e. The highest BCUT2D eigenvalue weighted by Gasteiger charge is 2.21. The van der Waals surface area contributed by atoms with Crippen LogP contribution in [0.15, 0.2) is 46.9 Å². The molecule has 1 amide bonds. The van der Waals surface area contributed by atoms with Crippen LogP contribution in [0, 0.1) is 17.6 Å². The van der Waals surface area contributed by atoms with E-state index in [1.165, 1.54) is 11.6 Å². The van der Waals surface area contributed by atoms with Crippen molar-refractivity contribution < 1.29 is 27.5 Å². The number of aromatic nitrogens is 2. The minimum atomic E-state index is -1.02. The summed E-state index contributed by atoms with van der Waals surface area (Å²) in [6.07, 6.45) is 6.80. The molecule has 0 atom stereocenters. The lowest BCUT2D eigenvalue weighted by Crippen LogP contribution is -2.15. The van der Waals surface area contributed by atoms with E-state index in [1.807, 2.05) is 31.2 Å². The van der Waals surface area contributed by atoms with E-state index in [1.54, 1.807) is 0 Å². The minimum absolute atomic E-state index is 0.0986. The van der Waals surface area contributed by atoms with Gasteiger partial charge in [0, 0.05) is 23.9 Å². The van der Waals surface area contributed by atoms with Crippen LogP contribution in [0.5, 0.6) is 0 Å². The highest BCUT2D eigenvalue weighted by molar-refractivity contribution is 6.00. The Kier molecular flexibility index (Phi) is 8.81. The van der Waals surface area contributed by atoms with E-state index in [4.69, 9.17) is 9.15 Å². The molecule has 0 radical (unpaired) electrons. The number of anilines is 3. The highest BCUT2D eigenvalue weighted by Crippen LogP contribution is 2.34. The number of benzene rings is 2. The average molecular weight is 513 g/mol. The lowest BCUT2D eigenvalue weighted by Gasteiger charge is -2.24. The van der Waals surface area contributed by atoms with Crippen LogP contribution in [0.2, 0.25) is 0 Å². The first-order valence-corrected chi connectivity index (χ1v) is 12.5. The van der Waals surface area contributed by atoms with Gasteiger partial charge in [0.05, 0.1) is 6.61 Å². The molecule has 0 bridgehead atoms. The molecule has 1 aliphatic carbocycles. The summed E-state index contributed by atoms with van der Waals surface area (Å²) < 4.78 is 36.8. The maximum atomic E-state index is 13.4. The van der Waals surface area contributed by atoms with Crippen molar-refractivity contribution in [3.63, 3.8) is 0 Å². The van der Waals surface area contributed by atoms with Crippen molar-refractivity contribution in [2.75, 3.05) is 17.2 Å². The molecule has 10 heteroatoms. The van der Waals surface area contributed by atoms with Gasteiger partial charge < -0.3 is 19.8 Å². The summed E-state index contributed by atoms with van der Waals surface area (Å²) in [7, 11) is 0. The van der Waals surface area contributed by atoms with Gasteiger partial charge in [-0.25, -0.2) is 8.78 Å². The number of amides is 1. The molecule has 1 aromatic heterocycles. The number of ether oxygens (including phenoxy) is 1. The standard InChI is InChI=1S/C27H30F2N4O4/c1-2-36-24(34)15-17-5-3-7-18(8-4-6-17)19-9-11-20(12-10-19)30-25(35)26-32-33-27(37-26)31-21-13-14-22(28)23(29)16-21/h9-14,16-18H,2-8,15H2,1H3,(H,30,35)(H,31,33). The molecule has 8 nitrogen and oxygen atoms in total. The molecular formula is C27H30F2N4O4. The third-order valence-electron chi connectivity index (χ3n) is 6.52. The van der Waals surface area contributed by atoms with E-state index in [0.29, 0.717) is 30.6 Å². The molecule has 1 aliphatic rings. The zero-order chi connectivity index (χ0) is 26.2. The first-order valence-electron chi connectivity index (χ1n) is 12.5. The quantitative estimate of drug-likeness (QED) is 0.339. The van der Waals surface area contributed by atoms with E-state index in [-0.39, 0.29) is 23.6 Å². The van der Waals surface area contributed by atoms with Gasteiger partial charge in [-0.15, -0.1) is 5.10 Å². The van der Waals surface area contributed by atoms with E-state index in [0.717, 1.165) is 50.7 Å². The fraction of sp³-hybridized carbons (Fsp3) is 0.407. The number of hydrogen-bond acceptors (Lipinski definition) is 7. The van der Waals surface area contributed by atoms with Crippen molar-refractivity contribution >= 4 is 29.3 Å². The Morgan fingerprint density at radius 1 is 0.973 bits per heavy atom. The van der Waals surface area contributed by atoms with Crippen LogP contribution < -0.4 is 10.6 Å². The van der Waals surface area contributed by atoms with Crippen molar-refractivity contribution in [1.29, 1.82) is 0 Å². The maximum absolute atomic E-state index is 13.4. The maximum Gasteiger partial charge on any atom is 0.320 e. The Bertz CT molecular complexity index is 1210. The van der Waals surface area contributed by atoms with Gasteiger partial charge in [0.25, 0.3) is 0 Å². The predicted molar refractivity (Wildman–Crippen MR) is 134 cm³/mol. The van der Waals surface area contributed by atoms with Crippen molar-refractivity contribution in [2.45, 2.75) is 57.8 Å². The second kappa shape index (κ2) is 12.4. The van der Waals surface area contributed by atoms with E-state index >= 15 is 0 Å². The Hall–Kier alpha value is -3.82. The van der Waals surface area contributed by atoms with E-state index in [2.05, 4.69) is 20.8 Å². The molecule has 1 saturated carbocycles. The van der Waals surface area contributed by atoms with Crippen LogP contribution in [-0.4, -0.2) is 28.7 Å². The van der Waals surface area contributed by atoms with Gasteiger partial charge in [0.2, 0.25) is 0 Å². The highest BCUT2D eigenvalue weighted by atomic mass is 19.2. The Balaban J connectivity index is 1.28. The molecule has 1 fully saturated rings. The number of nitrogens with zero attached hydrogens (tertiary/aromatic N) is 2. The van der Waals surface area contributed by atoms with Crippen LogP contribution in [0.4, 0.5) is 26.2 Å². The number of hydrogen-bond donors (Lipinski definition) is 2. The van der Waals surface area contributed by atoms with Crippen LogP contribution in [0.1, 0.15) is 74.0 Å². The fourth-order valence-corrected chi connectivity index (χ4v) is 4.67. The zero-order valence-electron chi connectivity index (χ0n) is 20.6. The molecule has 2 aromatic carbocycles. The summed E-state index contributed by atoms with van der Waals surface area (Å²) in [5.41, 5.74) is 2.01. The summed E-state index contributed by atoms with van der Waals surface area (Å²) in [5.74, 6) is -2.12. The van der Waals surface area contributed by atoms with E-state index in [9.17, 15) is 18.4 Å². The summed E-state index contributed by atoms with van der Waals surface area (Å²) in [5, 5.41) is 12.8. The van der Waals surface area contributed by atoms with E-state index < -0.39 is 17.5 Å². The molecular weight excluding hydrogens is 482 g/mol. The molecule has 0 unspecified atom stereocenters. The summed E-state index contributed by atoms with van der Waals surface area (Å²) in [4.78, 5) is 24.3.